The van der Waals surface area contributed by atoms with E-state index in [0.717, 1.165) is 10.1 Å². The fourth-order valence-corrected chi connectivity index (χ4v) is 1.91. The Kier molecular flexibility index (Phi) is 4.13. The van der Waals surface area contributed by atoms with E-state index in [9.17, 15) is 9.59 Å². The van der Waals surface area contributed by atoms with Crippen molar-refractivity contribution in [3.05, 3.63) is 62.1 Å². The van der Waals surface area contributed by atoms with Gasteiger partial charge in [0.1, 0.15) is 0 Å². The van der Waals surface area contributed by atoms with Crippen molar-refractivity contribution < 1.29 is 0 Å². The van der Waals surface area contributed by atoms with Crippen LogP contribution in [0.1, 0.15) is 5.56 Å². The second-order valence-electron chi connectivity index (χ2n) is 3.97. The molecule has 0 bridgehead atoms. The highest BCUT2D eigenvalue weighted by atomic mass is 35.5. The molecule has 0 radical (unpaired) electrons. The lowest BCUT2D eigenvalue weighted by molar-refractivity contribution is 0.579. The third-order valence-corrected chi connectivity index (χ3v) is 3.03. The number of nitrogens with two attached hydrogens (primary N) is 1. The van der Waals surface area contributed by atoms with Gasteiger partial charge in [0.25, 0.3) is 5.56 Å². The molecule has 2 aromatic heterocycles. The van der Waals surface area contributed by atoms with E-state index in [4.69, 9.17) is 17.3 Å². The summed E-state index contributed by atoms with van der Waals surface area (Å²) in [6, 6.07) is 3.07. The molecule has 19 heavy (non-hydrogen) atoms. The molecular weight excluding hydrogens is 268 g/mol. The van der Waals surface area contributed by atoms with Crippen molar-refractivity contribution in [2.45, 2.75) is 13.1 Å². The Bertz CT molecular complexity index is 693. The summed E-state index contributed by atoms with van der Waals surface area (Å²) in [6.45, 7) is 0.711. The van der Waals surface area contributed by atoms with Crippen molar-refractivity contribution in [1.82, 2.24) is 14.1 Å². The number of hydrogen-bond donors (Lipinski definition) is 1. The molecule has 7 heteroatoms. The summed E-state index contributed by atoms with van der Waals surface area (Å²) < 4.78 is 2.52. The number of hydrogen-bond acceptors (Lipinski definition) is 4. The predicted octanol–water partition coefficient (Wildman–Crippen LogP) is 0.0654. The molecule has 2 N–H and O–H groups in total. The van der Waals surface area contributed by atoms with E-state index in [1.807, 2.05) is 0 Å². The van der Waals surface area contributed by atoms with Crippen LogP contribution in [0.3, 0.4) is 0 Å². The Labute approximate surface area is 114 Å². The van der Waals surface area contributed by atoms with E-state index in [0.29, 0.717) is 5.02 Å². The molecule has 0 atom stereocenters. The van der Waals surface area contributed by atoms with E-state index < -0.39 is 5.69 Å². The monoisotopic (exact) mass is 280 g/mol. The van der Waals surface area contributed by atoms with Gasteiger partial charge in [0.15, 0.2) is 0 Å². The highest BCUT2D eigenvalue weighted by Crippen LogP contribution is 2.13. The molecule has 0 aliphatic heterocycles. The van der Waals surface area contributed by atoms with Crippen LogP contribution in [0.15, 0.2) is 40.3 Å². The van der Waals surface area contributed by atoms with E-state index in [2.05, 4.69) is 4.98 Å². The molecule has 0 aromatic carbocycles. The van der Waals surface area contributed by atoms with Crippen molar-refractivity contribution in [1.29, 1.82) is 0 Å². The summed E-state index contributed by atoms with van der Waals surface area (Å²) in [6.07, 6.45) is 4.56. The van der Waals surface area contributed by atoms with Crippen LogP contribution in [0.25, 0.3) is 0 Å². The maximum atomic E-state index is 12.1. The van der Waals surface area contributed by atoms with Crippen LogP contribution in [0.2, 0.25) is 5.02 Å². The Morgan fingerprint density at radius 1 is 1.32 bits per heavy atom. The first-order valence-electron chi connectivity index (χ1n) is 5.72. The molecule has 2 heterocycles. The lowest BCUT2D eigenvalue weighted by atomic mass is 10.2. The topological polar surface area (TPSA) is 82.9 Å². The summed E-state index contributed by atoms with van der Waals surface area (Å²) in [5.41, 5.74) is 5.40. The van der Waals surface area contributed by atoms with E-state index >= 15 is 0 Å². The Morgan fingerprint density at radius 2 is 2.11 bits per heavy atom. The van der Waals surface area contributed by atoms with Crippen molar-refractivity contribution in [2.75, 3.05) is 6.54 Å². The second kappa shape index (κ2) is 5.81. The standard InChI is InChI=1S/C12H13ClN4O2/c13-10-7-15-4-1-9(10)8-16-5-2-11(18)17(6-3-14)12(16)19/h1-2,4-5,7H,3,6,8,14H2. The average molecular weight is 281 g/mol. The van der Waals surface area contributed by atoms with Crippen molar-refractivity contribution in [2.24, 2.45) is 5.73 Å². The smallest absolute Gasteiger partial charge is 0.329 e. The van der Waals surface area contributed by atoms with Crippen LogP contribution in [-0.4, -0.2) is 20.7 Å². The molecule has 0 fully saturated rings. The minimum absolute atomic E-state index is 0.197. The Balaban J connectivity index is 2.42. The third-order valence-electron chi connectivity index (χ3n) is 2.69. The minimum atomic E-state index is -0.397. The molecule has 0 amide bonds. The lowest BCUT2D eigenvalue weighted by Crippen LogP contribution is -2.40. The fourth-order valence-electron chi connectivity index (χ4n) is 1.73. The molecule has 0 aliphatic rings. The summed E-state index contributed by atoms with van der Waals surface area (Å²) in [5, 5.41) is 0.478. The molecule has 2 aromatic rings. The molecule has 0 unspecified atom stereocenters. The van der Waals surface area contributed by atoms with Gasteiger partial charge in [-0.1, -0.05) is 11.6 Å². The fraction of sp³-hybridized carbons (Fsp3) is 0.250. The van der Waals surface area contributed by atoms with Gasteiger partial charge in [0.2, 0.25) is 0 Å². The summed E-state index contributed by atoms with van der Waals surface area (Å²) >= 11 is 5.99. The number of aromatic nitrogens is 3. The molecule has 0 spiro atoms. The van der Waals surface area contributed by atoms with Crippen LogP contribution in [-0.2, 0) is 13.1 Å². The van der Waals surface area contributed by atoms with Gasteiger partial charge < -0.3 is 5.73 Å². The molecule has 100 valence electrons. The first kappa shape index (κ1) is 13.5. The highest BCUT2D eigenvalue weighted by molar-refractivity contribution is 6.31. The van der Waals surface area contributed by atoms with Crippen molar-refractivity contribution in [3.63, 3.8) is 0 Å². The van der Waals surface area contributed by atoms with Crippen LogP contribution in [0, 0.1) is 0 Å². The van der Waals surface area contributed by atoms with E-state index in [1.165, 1.54) is 23.0 Å². The van der Waals surface area contributed by atoms with Crippen molar-refractivity contribution >= 4 is 11.6 Å². The van der Waals surface area contributed by atoms with E-state index in [1.54, 1.807) is 12.3 Å². The molecule has 6 nitrogen and oxygen atoms in total. The molecule has 0 saturated carbocycles. The maximum Gasteiger partial charge on any atom is 0.331 e. The van der Waals surface area contributed by atoms with Gasteiger partial charge in [0, 0.05) is 37.7 Å². The number of rotatable bonds is 4. The van der Waals surface area contributed by atoms with Gasteiger partial charge in [-0.2, -0.15) is 0 Å². The molecule has 0 saturated heterocycles. The largest absolute Gasteiger partial charge is 0.331 e. The van der Waals surface area contributed by atoms with Crippen LogP contribution >= 0.6 is 11.6 Å². The number of nitrogens with zero attached hydrogens (tertiary/aromatic N) is 3. The number of halogens is 1. The van der Waals surface area contributed by atoms with Gasteiger partial charge in [-0.3, -0.25) is 18.9 Å². The molecule has 0 aliphatic carbocycles. The van der Waals surface area contributed by atoms with Crippen LogP contribution in [0.4, 0.5) is 0 Å². The van der Waals surface area contributed by atoms with Crippen LogP contribution < -0.4 is 17.0 Å². The zero-order valence-corrected chi connectivity index (χ0v) is 10.9. The zero-order chi connectivity index (χ0) is 13.8. The van der Waals surface area contributed by atoms with Gasteiger partial charge in [0.05, 0.1) is 11.6 Å². The number of pyridine rings is 1. The van der Waals surface area contributed by atoms with Gasteiger partial charge in [-0.15, -0.1) is 0 Å². The highest BCUT2D eigenvalue weighted by Gasteiger charge is 2.06. The maximum absolute atomic E-state index is 12.1. The lowest BCUT2D eigenvalue weighted by Gasteiger charge is -2.09. The van der Waals surface area contributed by atoms with Gasteiger partial charge in [-0.05, 0) is 11.6 Å². The summed E-state index contributed by atoms with van der Waals surface area (Å²) in [7, 11) is 0. The summed E-state index contributed by atoms with van der Waals surface area (Å²) in [5.74, 6) is 0. The zero-order valence-electron chi connectivity index (χ0n) is 10.1. The third kappa shape index (κ3) is 2.91. The molecular formula is C12H13ClN4O2. The Hall–Kier alpha value is -1.92. The predicted molar refractivity (Wildman–Crippen MR) is 72.4 cm³/mol. The average Bonchev–Trinajstić information content (AvgIpc) is 2.40. The quantitative estimate of drug-likeness (QED) is 0.859. The summed E-state index contributed by atoms with van der Waals surface area (Å²) in [4.78, 5) is 27.5. The SMILES string of the molecule is NCCn1c(=O)ccn(Cc2ccncc2Cl)c1=O. The Morgan fingerprint density at radius 3 is 2.79 bits per heavy atom. The first-order valence-corrected chi connectivity index (χ1v) is 6.10. The molecule has 2 rings (SSSR count). The van der Waals surface area contributed by atoms with E-state index in [-0.39, 0.29) is 25.2 Å². The van der Waals surface area contributed by atoms with Crippen LogP contribution in [0.5, 0.6) is 0 Å². The first-order chi connectivity index (χ1) is 9.13. The van der Waals surface area contributed by atoms with Gasteiger partial charge >= 0.3 is 5.69 Å². The normalized spacial score (nSPS) is 10.6. The van der Waals surface area contributed by atoms with Crippen molar-refractivity contribution in [3.8, 4) is 0 Å². The van der Waals surface area contributed by atoms with Gasteiger partial charge in [-0.25, -0.2) is 4.79 Å². The minimum Gasteiger partial charge on any atom is -0.329 e. The second-order valence-corrected chi connectivity index (χ2v) is 4.38.